The second-order valence-corrected chi connectivity index (χ2v) is 8.97. The molecule has 3 heterocycles. The van der Waals surface area contributed by atoms with Gasteiger partial charge in [0.1, 0.15) is 16.3 Å². The van der Waals surface area contributed by atoms with Crippen molar-refractivity contribution in [1.29, 1.82) is 0 Å². The Kier molecular flexibility index (Phi) is 5.73. The quantitative estimate of drug-likeness (QED) is 0.188. The zero-order valence-electron chi connectivity index (χ0n) is 18.1. The topological polar surface area (TPSA) is 144 Å². The summed E-state index contributed by atoms with van der Waals surface area (Å²) in [5, 5.41) is 9.32. The third-order valence-corrected chi connectivity index (χ3v) is 6.23. The van der Waals surface area contributed by atoms with Crippen LogP contribution in [0.4, 0.5) is 17.1 Å². The maximum absolute atomic E-state index is 12.0. The molecule has 0 atom stereocenters. The lowest BCUT2D eigenvalue weighted by molar-refractivity contribution is 0.484. The molecule has 5 rings (SSSR count). The lowest BCUT2D eigenvalue weighted by Gasteiger charge is -2.10. The van der Waals surface area contributed by atoms with Gasteiger partial charge in [0, 0.05) is 46.7 Å². The largest absolute Gasteiger partial charge is 0.396 e. The van der Waals surface area contributed by atoms with E-state index < -0.39 is 10.1 Å². The number of aromatic nitrogens is 3. The molecule has 0 unspecified atom stereocenters. The van der Waals surface area contributed by atoms with Gasteiger partial charge in [0.25, 0.3) is 10.1 Å². The van der Waals surface area contributed by atoms with Gasteiger partial charge in [0.15, 0.2) is 0 Å². The number of nitrogens with zero attached hydrogens (tertiary/aromatic N) is 5. The molecule has 35 heavy (non-hydrogen) atoms. The Morgan fingerprint density at radius 2 is 1.43 bits per heavy atom. The Hall–Kier alpha value is -4.54. The van der Waals surface area contributed by atoms with Gasteiger partial charge in [-0.3, -0.25) is 14.5 Å². The van der Waals surface area contributed by atoms with Crippen LogP contribution in [-0.2, 0) is 10.1 Å². The predicted octanol–water partition coefficient (Wildman–Crippen LogP) is 5.60. The van der Waals surface area contributed by atoms with Crippen LogP contribution in [0, 0.1) is 0 Å². The number of pyridine rings is 3. The fraction of sp³-hybridized carbons (Fsp3) is 0. The van der Waals surface area contributed by atoms with E-state index in [9.17, 15) is 13.0 Å². The highest BCUT2D eigenvalue weighted by Gasteiger charge is 2.19. The summed E-state index contributed by atoms with van der Waals surface area (Å²) >= 11 is 0. The Morgan fingerprint density at radius 3 is 2.09 bits per heavy atom. The van der Waals surface area contributed by atoms with Crippen molar-refractivity contribution in [3.63, 3.8) is 0 Å². The van der Waals surface area contributed by atoms with Crippen molar-refractivity contribution >= 4 is 38.0 Å². The fourth-order valence-corrected chi connectivity index (χ4v) is 4.39. The molecule has 0 amide bonds. The second kappa shape index (κ2) is 9.01. The van der Waals surface area contributed by atoms with Gasteiger partial charge in [-0.25, -0.2) is 4.98 Å². The van der Waals surface area contributed by atoms with E-state index >= 15 is 0 Å². The lowest BCUT2D eigenvalue weighted by Crippen LogP contribution is -2.01. The number of hydrogen-bond acceptors (Lipinski definition) is 8. The van der Waals surface area contributed by atoms with E-state index in [1.165, 1.54) is 6.07 Å². The standard InChI is InChI=1S/C25H18N6O3S/c26-24-19-8-2-1-7-18(19)23(35(32,33)34)13-22(24)31-30-21-10-9-20(16-5-3-11-27-14-16)29-25(21)17-6-4-12-28-15-17/h1-15H,26H2,(H,32,33,34)/b31-30+. The van der Waals surface area contributed by atoms with Gasteiger partial charge in [-0.1, -0.05) is 24.3 Å². The zero-order valence-corrected chi connectivity index (χ0v) is 19.0. The van der Waals surface area contributed by atoms with Crippen LogP contribution in [0.1, 0.15) is 0 Å². The minimum absolute atomic E-state index is 0.102. The highest BCUT2D eigenvalue weighted by molar-refractivity contribution is 7.86. The van der Waals surface area contributed by atoms with Crippen molar-refractivity contribution in [2.75, 3.05) is 5.73 Å². The van der Waals surface area contributed by atoms with Crippen LogP contribution in [0.15, 0.2) is 107 Å². The third kappa shape index (κ3) is 4.47. The number of benzene rings is 2. The number of nitrogens with two attached hydrogens (primary N) is 1. The number of fused-ring (bicyclic) bond motifs is 1. The van der Waals surface area contributed by atoms with Gasteiger partial charge in [-0.15, -0.1) is 10.2 Å². The van der Waals surface area contributed by atoms with Crippen molar-refractivity contribution in [3.05, 3.63) is 91.5 Å². The molecule has 0 aliphatic heterocycles. The third-order valence-electron chi connectivity index (χ3n) is 5.34. The Labute approximate surface area is 200 Å². The number of anilines is 1. The summed E-state index contributed by atoms with van der Waals surface area (Å²) < 4.78 is 33.8. The van der Waals surface area contributed by atoms with Crippen molar-refractivity contribution in [2.45, 2.75) is 4.90 Å². The van der Waals surface area contributed by atoms with Crippen molar-refractivity contribution in [2.24, 2.45) is 10.2 Å². The van der Waals surface area contributed by atoms with Gasteiger partial charge in [0.05, 0.1) is 17.1 Å². The molecule has 172 valence electrons. The Balaban J connectivity index is 1.66. The molecule has 0 bridgehead atoms. The molecule has 3 aromatic heterocycles. The van der Waals surface area contributed by atoms with Gasteiger partial charge in [-0.2, -0.15) is 8.42 Å². The molecule has 0 radical (unpaired) electrons. The van der Waals surface area contributed by atoms with E-state index in [2.05, 4.69) is 20.2 Å². The van der Waals surface area contributed by atoms with Gasteiger partial charge < -0.3 is 5.73 Å². The number of nitrogen functional groups attached to an aromatic ring is 1. The van der Waals surface area contributed by atoms with E-state index in [1.807, 2.05) is 18.2 Å². The molecule has 0 aliphatic rings. The normalized spacial score (nSPS) is 11.8. The van der Waals surface area contributed by atoms with E-state index in [4.69, 9.17) is 10.7 Å². The first-order chi connectivity index (χ1) is 16.9. The summed E-state index contributed by atoms with van der Waals surface area (Å²) in [6.07, 6.45) is 6.71. The Bertz CT molecular complexity index is 1670. The first kappa shape index (κ1) is 22.3. The van der Waals surface area contributed by atoms with Crippen LogP contribution in [0.2, 0.25) is 0 Å². The highest BCUT2D eigenvalue weighted by Crippen LogP contribution is 2.38. The van der Waals surface area contributed by atoms with E-state index in [1.54, 1.807) is 67.3 Å². The van der Waals surface area contributed by atoms with Gasteiger partial charge >= 0.3 is 0 Å². The molecule has 0 fully saturated rings. The summed E-state index contributed by atoms with van der Waals surface area (Å²) in [6.45, 7) is 0. The average molecular weight is 483 g/mol. The van der Waals surface area contributed by atoms with Crippen LogP contribution in [0.3, 0.4) is 0 Å². The first-order valence-corrected chi connectivity index (χ1v) is 11.9. The monoisotopic (exact) mass is 482 g/mol. The van der Waals surface area contributed by atoms with Crippen LogP contribution in [0.25, 0.3) is 33.3 Å². The minimum atomic E-state index is -4.52. The summed E-state index contributed by atoms with van der Waals surface area (Å²) in [5.41, 5.74) is 9.81. The molecule has 10 heteroatoms. The van der Waals surface area contributed by atoms with E-state index in [-0.39, 0.29) is 16.3 Å². The maximum atomic E-state index is 12.0. The molecule has 5 aromatic rings. The number of hydrogen-bond donors (Lipinski definition) is 2. The van der Waals surface area contributed by atoms with Crippen LogP contribution >= 0.6 is 0 Å². The molecule has 0 saturated carbocycles. The second-order valence-electron chi connectivity index (χ2n) is 7.58. The molecule has 0 saturated heterocycles. The average Bonchev–Trinajstić information content (AvgIpc) is 2.89. The lowest BCUT2D eigenvalue weighted by atomic mass is 10.1. The fourth-order valence-electron chi connectivity index (χ4n) is 3.68. The zero-order chi connectivity index (χ0) is 24.4. The maximum Gasteiger partial charge on any atom is 0.295 e. The van der Waals surface area contributed by atoms with Crippen molar-refractivity contribution in [3.8, 4) is 22.5 Å². The predicted molar refractivity (Wildman–Crippen MR) is 133 cm³/mol. The molecule has 2 aromatic carbocycles. The smallest absolute Gasteiger partial charge is 0.295 e. The van der Waals surface area contributed by atoms with Gasteiger partial charge in [0.2, 0.25) is 0 Å². The van der Waals surface area contributed by atoms with Crippen LogP contribution < -0.4 is 5.73 Å². The SMILES string of the molecule is Nc1c(/N=N/c2ccc(-c3cccnc3)nc2-c2cccnc2)cc(S(=O)(=O)O)c2ccccc12. The Morgan fingerprint density at radius 1 is 0.771 bits per heavy atom. The van der Waals surface area contributed by atoms with E-state index in [0.717, 1.165) is 11.1 Å². The summed E-state index contributed by atoms with van der Waals surface area (Å²) in [5.74, 6) is 0. The number of azo groups is 1. The van der Waals surface area contributed by atoms with Crippen molar-refractivity contribution in [1.82, 2.24) is 15.0 Å². The molecule has 3 N–H and O–H groups in total. The summed E-state index contributed by atoms with van der Waals surface area (Å²) in [7, 11) is -4.52. The minimum Gasteiger partial charge on any atom is -0.396 e. The van der Waals surface area contributed by atoms with Crippen LogP contribution in [0.5, 0.6) is 0 Å². The summed E-state index contributed by atoms with van der Waals surface area (Å²) in [6, 6.07) is 18.7. The first-order valence-electron chi connectivity index (χ1n) is 10.4. The molecule has 0 aliphatic carbocycles. The van der Waals surface area contributed by atoms with Gasteiger partial charge in [-0.05, 0) is 42.5 Å². The van der Waals surface area contributed by atoms with E-state index in [0.29, 0.717) is 27.8 Å². The molecular formula is C25H18N6O3S. The molecule has 0 spiro atoms. The van der Waals surface area contributed by atoms with Crippen molar-refractivity contribution < 1.29 is 13.0 Å². The summed E-state index contributed by atoms with van der Waals surface area (Å²) in [4.78, 5) is 12.8. The van der Waals surface area contributed by atoms with Crippen LogP contribution in [-0.4, -0.2) is 27.9 Å². The highest BCUT2D eigenvalue weighted by atomic mass is 32.2. The number of rotatable bonds is 5. The molecule has 9 nitrogen and oxygen atoms in total. The molecular weight excluding hydrogens is 464 g/mol.